The Bertz CT molecular complexity index is 726. The molecule has 0 N–H and O–H groups in total. The highest BCUT2D eigenvalue weighted by Crippen LogP contribution is 2.26. The van der Waals surface area contributed by atoms with Crippen LogP contribution in [0.2, 0.25) is 5.02 Å². The normalized spacial score (nSPS) is 11.0. The fourth-order valence-electron chi connectivity index (χ4n) is 1.59. The summed E-state index contributed by atoms with van der Waals surface area (Å²) >= 11 is 7.20. The second kappa shape index (κ2) is 6.28. The van der Waals surface area contributed by atoms with Crippen molar-refractivity contribution in [3.8, 4) is 11.5 Å². The minimum absolute atomic E-state index is 0.453. The van der Waals surface area contributed by atoms with Gasteiger partial charge in [-0.25, -0.2) is 0 Å². The van der Waals surface area contributed by atoms with Gasteiger partial charge in [-0.15, -0.1) is 20.4 Å². The molecule has 1 aromatic carbocycles. The zero-order valence-electron chi connectivity index (χ0n) is 11.1. The van der Waals surface area contributed by atoms with Gasteiger partial charge < -0.3 is 8.83 Å². The molecular weight excluding hydrogens is 312 g/mol. The van der Waals surface area contributed by atoms with Gasteiger partial charge in [0.2, 0.25) is 17.7 Å². The second-order valence-corrected chi connectivity index (χ2v) is 5.47. The van der Waals surface area contributed by atoms with Gasteiger partial charge in [-0.05, 0) is 24.3 Å². The highest BCUT2D eigenvalue weighted by Gasteiger charge is 2.11. The number of aryl methyl sites for hydroxylation is 1. The summed E-state index contributed by atoms with van der Waals surface area (Å²) in [7, 11) is 0. The molecular formula is C13H11ClN4O2S. The van der Waals surface area contributed by atoms with Crippen molar-refractivity contribution in [3.05, 3.63) is 41.1 Å². The van der Waals surface area contributed by atoms with Crippen LogP contribution < -0.4 is 0 Å². The summed E-state index contributed by atoms with van der Waals surface area (Å²) in [5.74, 6) is 2.12. The van der Waals surface area contributed by atoms with E-state index < -0.39 is 0 Å². The molecule has 3 aromatic rings. The molecule has 0 saturated heterocycles. The molecule has 6 nitrogen and oxygen atoms in total. The first-order chi connectivity index (χ1) is 10.2. The zero-order valence-corrected chi connectivity index (χ0v) is 12.7. The third kappa shape index (κ3) is 3.43. The van der Waals surface area contributed by atoms with Gasteiger partial charge in [0, 0.05) is 17.0 Å². The SMILES string of the molecule is CCc1nnc(CSc2nnc(-c3ccc(Cl)cc3)o2)o1. The van der Waals surface area contributed by atoms with E-state index in [0.717, 1.165) is 12.0 Å². The Labute approximate surface area is 129 Å². The maximum absolute atomic E-state index is 5.84. The predicted octanol–water partition coefficient (Wildman–Crippen LogP) is 3.63. The van der Waals surface area contributed by atoms with Crippen molar-refractivity contribution >= 4 is 23.4 Å². The Balaban J connectivity index is 1.66. The van der Waals surface area contributed by atoms with Crippen molar-refractivity contribution in [1.29, 1.82) is 0 Å². The van der Waals surface area contributed by atoms with Crippen LogP contribution in [-0.4, -0.2) is 20.4 Å². The number of thioether (sulfide) groups is 1. The lowest BCUT2D eigenvalue weighted by Crippen LogP contribution is -1.80. The van der Waals surface area contributed by atoms with Crippen LogP contribution in [0.25, 0.3) is 11.5 Å². The summed E-state index contributed by atoms with van der Waals surface area (Å²) in [6.07, 6.45) is 0.721. The Morgan fingerprint density at radius 1 is 1.00 bits per heavy atom. The van der Waals surface area contributed by atoms with Gasteiger partial charge in [-0.1, -0.05) is 30.3 Å². The molecule has 0 saturated carbocycles. The average molecular weight is 323 g/mol. The van der Waals surface area contributed by atoms with Crippen molar-refractivity contribution in [1.82, 2.24) is 20.4 Å². The van der Waals surface area contributed by atoms with E-state index in [-0.39, 0.29) is 0 Å². The number of benzene rings is 1. The number of nitrogens with zero attached hydrogens (tertiary/aromatic N) is 4. The van der Waals surface area contributed by atoms with Gasteiger partial charge in [-0.2, -0.15) is 0 Å². The molecule has 0 aliphatic heterocycles. The monoisotopic (exact) mass is 322 g/mol. The van der Waals surface area contributed by atoms with Crippen molar-refractivity contribution in [2.24, 2.45) is 0 Å². The maximum Gasteiger partial charge on any atom is 0.277 e. The molecule has 0 fully saturated rings. The van der Waals surface area contributed by atoms with Crippen molar-refractivity contribution in [3.63, 3.8) is 0 Å². The Morgan fingerprint density at radius 3 is 2.48 bits per heavy atom. The maximum atomic E-state index is 5.84. The number of halogens is 1. The third-order valence-electron chi connectivity index (χ3n) is 2.63. The van der Waals surface area contributed by atoms with Gasteiger partial charge in [0.15, 0.2) is 0 Å². The van der Waals surface area contributed by atoms with Crippen LogP contribution in [0, 0.1) is 0 Å². The van der Waals surface area contributed by atoms with E-state index in [9.17, 15) is 0 Å². The summed E-state index contributed by atoms with van der Waals surface area (Å²) in [6, 6.07) is 7.21. The number of rotatable bonds is 5. The topological polar surface area (TPSA) is 77.8 Å². The van der Waals surface area contributed by atoms with E-state index in [0.29, 0.717) is 33.7 Å². The molecule has 108 valence electrons. The molecule has 0 aliphatic carbocycles. The molecule has 8 heteroatoms. The van der Waals surface area contributed by atoms with Gasteiger partial charge in [0.1, 0.15) is 0 Å². The summed E-state index contributed by atoms with van der Waals surface area (Å²) in [6.45, 7) is 1.96. The highest BCUT2D eigenvalue weighted by atomic mass is 35.5. The van der Waals surface area contributed by atoms with E-state index in [2.05, 4.69) is 20.4 Å². The third-order valence-corrected chi connectivity index (χ3v) is 3.68. The quantitative estimate of drug-likeness (QED) is 0.664. The van der Waals surface area contributed by atoms with E-state index in [1.54, 1.807) is 12.1 Å². The van der Waals surface area contributed by atoms with Gasteiger partial charge >= 0.3 is 0 Å². The van der Waals surface area contributed by atoms with Crippen LogP contribution in [0.3, 0.4) is 0 Å². The smallest absolute Gasteiger partial charge is 0.277 e. The summed E-state index contributed by atoms with van der Waals surface area (Å²) < 4.78 is 11.0. The van der Waals surface area contributed by atoms with Crippen LogP contribution in [0.15, 0.2) is 38.3 Å². The first-order valence-electron chi connectivity index (χ1n) is 6.28. The van der Waals surface area contributed by atoms with Crippen LogP contribution in [0.4, 0.5) is 0 Å². The first kappa shape index (κ1) is 14.1. The fourth-order valence-corrected chi connectivity index (χ4v) is 2.32. The van der Waals surface area contributed by atoms with Gasteiger partial charge in [-0.3, -0.25) is 0 Å². The summed E-state index contributed by atoms with van der Waals surface area (Å²) in [5, 5.41) is 16.9. The average Bonchev–Trinajstić information content (AvgIpc) is 3.15. The molecule has 21 heavy (non-hydrogen) atoms. The second-order valence-electron chi connectivity index (χ2n) is 4.11. The molecule has 2 heterocycles. The molecule has 2 aromatic heterocycles. The predicted molar refractivity (Wildman–Crippen MR) is 78.0 cm³/mol. The Kier molecular flexibility index (Phi) is 4.21. The molecule has 3 rings (SSSR count). The summed E-state index contributed by atoms with van der Waals surface area (Å²) in [4.78, 5) is 0. The standard InChI is InChI=1S/C13H11ClN4O2S/c1-2-10-15-16-11(19-10)7-21-13-18-17-12(20-13)8-3-5-9(14)6-4-8/h3-6H,2,7H2,1H3. The number of hydrogen-bond acceptors (Lipinski definition) is 7. The van der Waals surface area contributed by atoms with Crippen LogP contribution in [0.5, 0.6) is 0 Å². The largest absolute Gasteiger partial charge is 0.424 e. The Hall–Kier alpha value is -1.86. The molecule has 0 radical (unpaired) electrons. The van der Waals surface area contributed by atoms with Gasteiger partial charge in [0.25, 0.3) is 5.22 Å². The molecule has 0 spiro atoms. The Morgan fingerprint density at radius 2 is 1.76 bits per heavy atom. The molecule has 0 unspecified atom stereocenters. The molecule has 0 aliphatic rings. The van der Waals surface area contributed by atoms with Crippen molar-refractivity contribution in [2.45, 2.75) is 24.3 Å². The van der Waals surface area contributed by atoms with Crippen LogP contribution in [0.1, 0.15) is 18.7 Å². The molecule has 0 atom stereocenters. The lowest BCUT2D eigenvalue weighted by atomic mass is 10.2. The van der Waals surface area contributed by atoms with Crippen LogP contribution >= 0.6 is 23.4 Å². The van der Waals surface area contributed by atoms with E-state index >= 15 is 0 Å². The van der Waals surface area contributed by atoms with Crippen molar-refractivity contribution < 1.29 is 8.83 Å². The fraction of sp³-hybridized carbons (Fsp3) is 0.231. The lowest BCUT2D eigenvalue weighted by molar-refractivity contribution is 0.458. The minimum Gasteiger partial charge on any atom is -0.424 e. The lowest BCUT2D eigenvalue weighted by Gasteiger charge is -1.94. The molecule has 0 amide bonds. The molecule has 0 bridgehead atoms. The highest BCUT2D eigenvalue weighted by molar-refractivity contribution is 7.98. The summed E-state index contributed by atoms with van der Waals surface area (Å²) in [5.41, 5.74) is 0.824. The minimum atomic E-state index is 0.453. The van der Waals surface area contributed by atoms with E-state index in [1.165, 1.54) is 11.8 Å². The number of aromatic nitrogens is 4. The first-order valence-corrected chi connectivity index (χ1v) is 7.64. The van der Waals surface area contributed by atoms with Crippen molar-refractivity contribution in [2.75, 3.05) is 0 Å². The van der Waals surface area contributed by atoms with Crippen LogP contribution in [-0.2, 0) is 12.2 Å². The van der Waals surface area contributed by atoms with E-state index in [1.807, 2.05) is 19.1 Å². The van der Waals surface area contributed by atoms with Gasteiger partial charge in [0.05, 0.1) is 5.75 Å². The van der Waals surface area contributed by atoms with E-state index in [4.69, 9.17) is 20.4 Å². The zero-order chi connectivity index (χ0) is 14.7. The number of hydrogen-bond donors (Lipinski definition) is 0.